The summed E-state index contributed by atoms with van der Waals surface area (Å²) in [5.41, 5.74) is 1.47. The van der Waals surface area contributed by atoms with Crippen molar-refractivity contribution >= 4 is 26.7 Å². The van der Waals surface area contributed by atoms with Gasteiger partial charge in [0.25, 0.3) is 10.0 Å². The fraction of sp³-hybridized carbons (Fsp3) is 0.118. The number of aryl methyl sites for hydroxylation is 1. The number of benzene rings is 2. The maximum Gasteiger partial charge on any atom is 0.336 e. The minimum atomic E-state index is -3.64. The molecular formula is C17H15NO4S. The fourth-order valence-electron chi connectivity index (χ4n) is 2.26. The standard InChI is InChI=1S/C17H15NO4S/c1-12-3-7-15(8-4-12)23(20,21)18(2)14-6-9-16-13(11-14)5-10-17(19)22-16/h3-11H,1-2H3. The SMILES string of the molecule is Cc1ccc(S(=O)(=O)N(C)c2ccc3oc(=O)ccc3c2)cc1. The molecule has 1 aromatic heterocycles. The third-order valence-electron chi connectivity index (χ3n) is 3.65. The molecule has 3 rings (SSSR count). The second-order valence-corrected chi connectivity index (χ2v) is 7.23. The second-order valence-electron chi connectivity index (χ2n) is 5.26. The van der Waals surface area contributed by atoms with Crippen LogP contribution >= 0.6 is 0 Å². The van der Waals surface area contributed by atoms with Gasteiger partial charge in [0, 0.05) is 18.5 Å². The Bertz CT molecular complexity index is 1020. The molecular weight excluding hydrogens is 314 g/mol. The average Bonchev–Trinajstić information content (AvgIpc) is 2.54. The normalized spacial score (nSPS) is 11.6. The van der Waals surface area contributed by atoms with Crippen LogP contribution in [0.5, 0.6) is 0 Å². The van der Waals surface area contributed by atoms with Gasteiger partial charge in [-0.05, 0) is 43.3 Å². The summed E-state index contributed by atoms with van der Waals surface area (Å²) in [4.78, 5) is 11.4. The van der Waals surface area contributed by atoms with Gasteiger partial charge in [0.15, 0.2) is 0 Å². The summed E-state index contributed by atoms with van der Waals surface area (Å²) in [6.07, 6.45) is 0. The number of sulfonamides is 1. The minimum absolute atomic E-state index is 0.227. The zero-order chi connectivity index (χ0) is 16.6. The molecule has 0 aliphatic rings. The number of hydrogen-bond donors (Lipinski definition) is 0. The molecule has 0 unspecified atom stereocenters. The Balaban J connectivity index is 2.05. The van der Waals surface area contributed by atoms with Crippen LogP contribution in [0.3, 0.4) is 0 Å². The molecule has 0 atom stereocenters. The summed E-state index contributed by atoms with van der Waals surface area (Å²) in [5, 5.41) is 0.660. The third-order valence-corrected chi connectivity index (χ3v) is 5.45. The van der Waals surface area contributed by atoms with Crippen LogP contribution < -0.4 is 9.93 Å². The van der Waals surface area contributed by atoms with Crippen molar-refractivity contribution in [3.63, 3.8) is 0 Å². The van der Waals surface area contributed by atoms with Crippen LogP contribution in [-0.2, 0) is 10.0 Å². The van der Waals surface area contributed by atoms with Gasteiger partial charge in [0.2, 0.25) is 0 Å². The molecule has 2 aromatic carbocycles. The van der Waals surface area contributed by atoms with Gasteiger partial charge in [0.1, 0.15) is 5.58 Å². The van der Waals surface area contributed by atoms with E-state index in [1.807, 2.05) is 6.92 Å². The number of rotatable bonds is 3. The van der Waals surface area contributed by atoms with Crippen LogP contribution in [0.2, 0.25) is 0 Å². The van der Waals surface area contributed by atoms with Crippen molar-refractivity contribution in [2.45, 2.75) is 11.8 Å². The van der Waals surface area contributed by atoms with Crippen molar-refractivity contribution in [1.82, 2.24) is 0 Å². The second kappa shape index (κ2) is 5.55. The molecule has 0 aliphatic carbocycles. The molecule has 3 aromatic rings. The first-order chi connectivity index (χ1) is 10.9. The Labute approximate surface area is 133 Å². The summed E-state index contributed by atoms with van der Waals surface area (Å²) in [6, 6.07) is 14.5. The first-order valence-electron chi connectivity index (χ1n) is 6.97. The van der Waals surface area contributed by atoms with Crippen molar-refractivity contribution in [2.24, 2.45) is 0 Å². The molecule has 0 aliphatic heterocycles. The van der Waals surface area contributed by atoms with Crippen molar-refractivity contribution in [1.29, 1.82) is 0 Å². The molecule has 0 radical (unpaired) electrons. The van der Waals surface area contributed by atoms with Crippen LogP contribution in [-0.4, -0.2) is 15.5 Å². The predicted octanol–water partition coefficient (Wildman–Crippen LogP) is 2.93. The molecule has 0 spiro atoms. The molecule has 118 valence electrons. The fourth-order valence-corrected chi connectivity index (χ4v) is 3.45. The molecule has 0 saturated carbocycles. The van der Waals surface area contributed by atoms with E-state index in [1.54, 1.807) is 48.5 Å². The number of fused-ring (bicyclic) bond motifs is 1. The number of anilines is 1. The smallest absolute Gasteiger partial charge is 0.336 e. The van der Waals surface area contributed by atoms with Crippen molar-refractivity contribution in [3.8, 4) is 0 Å². The highest BCUT2D eigenvalue weighted by atomic mass is 32.2. The van der Waals surface area contributed by atoms with Gasteiger partial charge < -0.3 is 4.42 Å². The molecule has 1 heterocycles. The Hall–Kier alpha value is -2.60. The lowest BCUT2D eigenvalue weighted by Crippen LogP contribution is -2.26. The van der Waals surface area contributed by atoms with Crippen LogP contribution in [0.15, 0.2) is 68.7 Å². The molecule has 0 amide bonds. The molecule has 0 saturated heterocycles. The van der Waals surface area contributed by atoms with E-state index >= 15 is 0 Å². The van der Waals surface area contributed by atoms with Crippen LogP contribution in [0, 0.1) is 6.92 Å². The lowest BCUT2D eigenvalue weighted by atomic mass is 10.2. The van der Waals surface area contributed by atoms with Gasteiger partial charge in [-0.1, -0.05) is 17.7 Å². The molecule has 0 fully saturated rings. The summed E-state index contributed by atoms with van der Waals surface area (Å²) in [6.45, 7) is 1.90. The van der Waals surface area contributed by atoms with Crippen molar-refractivity contribution < 1.29 is 12.8 Å². The first-order valence-corrected chi connectivity index (χ1v) is 8.41. The number of hydrogen-bond acceptors (Lipinski definition) is 4. The van der Waals surface area contributed by atoms with Gasteiger partial charge in [-0.15, -0.1) is 0 Å². The van der Waals surface area contributed by atoms with Gasteiger partial charge in [-0.3, -0.25) is 4.31 Å². The molecule has 0 bridgehead atoms. The number of nitrogens with zero attached hydrogens (tertiary/aromatic N) is 1. The Morgan fingerprint density at radius 1 is 0.957 bits per heavy atom. The van der Waals surface area contributed by atoms with Crippen molar-refractivity contribution in [3.05, 3.63) is 70.6 Å². The summed E-state index contributed by atoms with van der Waals surface area (Å²) >= 11 is 0. The highest BCUT2D eigenvalue weighted by Gasteiger charge is 2.21. The van der Waals surface area contributed by atoms with E-state index in [0.29, 0.717) is 16.7 Å². The third kappa shape index (κ3) is 2.85. The van der Waals surface area contributed by atoms with Crippen LogP contribution in [0.4, 0.5) is 5.69 Å². The summed E-state index contributed by atoms with van der Waals surface area (Å²) < 4.78 is 31.6. The molecule has 5 nitrogen and oxygen atoms in total. The van der Waals surface area contributed by atoms with Gasteiger partial charge in [-0.25, -0.2) is 13.2 Å². The zero-order valence-corrected chi connectivity index (χ0v) is 13.5. The lowest BCUT2D eigenvalue weighted by Gasteiger charge is -2.20. The maximum atomic E-state index is 12.7. The van der Waals surface area contributed by atoms with E-state index in [9.17, 15) is 13.2 Å². The highest BCUT2D eigenvalue weighted by Crippen LogP contribution is 2.25. The molecule has 6 heteroatoms. The predicted molar refractivity (Wildman–Crippen MR) is 89.3 cm³/mol. The molecule has 0 N–H and O–H groups in total. The Morgan fingerprint density at radius 2 is 1.65 bits per heavy atom. The topological polar surface area (TPSA) is 67.6 Å². The highest BCUT2D eigenvalue weighted by molar-refractivity contribution is 7.92. The quantitative estimate of drug-likeness (QED) is 0.693. The largest absolute Gasteiger partial charge is 0.423 e. The van der Waals surface area contributed by atoms with E-state index in [1.165, 1.54) is 17.4 Å². The van der Waals surface area contributed by atoms with E-state index in [0.717, 1.165) is 5.56 Å². The molecule has 23 heavy (non-hydrogen) atoms. The maximum absolute atomic E-state index is 12.7. The van der Waals surface area contributed by atoms with Gasteiger partial charge >= 0.3 is 5.63 Å². The van der Waals surface area contributed by atoms with Crippen LogP contribution in [0.1, 0.15) is 5.56 Å². The summed E-state index contributed by atoms with van der Waals surface area (Å²) in [5.74, 6) is 0. The first kappa shape index (κ1) is 15.3. The summed E-state index contributed by atoms with van der Waals surface area (Å²) in [7, 11) is -2.15. The van der Waals surface area contributed by atoms with Gasteiger partial charge in [0.05, 0.1) is 10.6 Å². The van der Waals surface area contributed by atoms with Crippen LogP contribution in [0.25, 0.3) is 11.0 Å². The average molecular weight is 329 g/mol. The van der Waals surface area contributed by atoms with E-state index in [4.69, 9.17) is 4.42 Å². The monoisotopic (exact) mass is 329 g/mol. The van der Waals surface area contributed by atoms with E-state index in [-0.39, 0.29) is 4.90 Å². The Kier molecular flexibility index (Phi) is 3.69. The lowest BCUT2D eigenvalue weighted by molar-refractivity contribution is 0.561. The minimum Gasteiger partial charge on any atom is -0.423 e. The Morgan fingerprint density at radius 3 is 2.35 bits per heavy atom. The zero-order valence-electron chi connectivity index (χ0n) is 12.7. The van der Waals surface area contributed by atoms with Gasteiger partial charge in [-0.2, -0.15) is 0 Å². The van der Waals surface area contributed by atoms with Crippen molar-refractivity contribution in [2.75, 3.05) is 11.4 Å². The van der Waals surface area contributed by atoms with E-state index < -0.39 is 15.6 Å². The van der Waals surface area contributed by atoms with E-state index in [2.05, 4.69) is 0 Å².